The number of rotatable bonds is 2. The Morgan fingerprint density at radius 3 is 2.26 bits per heavy atom. The van der Waals surface area contributed by atoms with Crippen LogP contribution in [0.1, 0.15) is 5.56 Å². The molecule has 8 heteroatoms. The van der Waals surface area contributed by atoms with Crippen molar-refractivity contribution in [3.63, 3.8) is 0 Å². The van der Waals surface area contributed by atoms with Crippen LogP contribution >= 0.6 is 0 Å². The molecule has 0 aliphatic carbocycles. The van der Waals surface area contributed by atoms with E-state index in [1.165, 1.54) is 12.1 Å². The zero-order valence-electron chi connectivity index (χ0n) is 9.30. The van der Waals surface area contributed by atoms with Gasteiger partial charge in [0.1, 0.15) is 5.82 Å². The van der Waals surface area contributed by atoms with Gasteiger partial charge in [-0.05, 0) is 6.07 Å². The van der Waals surface area contributed by atoms with Gasteiger partial charge in [-0.2, -0.15) is 27.1 Å². The van der Waals surface area contributed by atoms with Crippen molar-refractivity contribution in [3.8, 4) is 11.3 Å². The predicted molar refractivity (Wildman–Crippen MR) is 58.4 cm³/mol. The van der Waals surface area contributed by atoms with Crippen molar-refractivity contribution in [1.82, 2.24) is 10.2 Å². The third kappa shape index (κ3) is 2.38. The van der Waals surface area contributed by atoms with Gasteiger partial charge in [0.25, 0.3) is 0 Å². The first-order chi connectivity index (χ1) is 8.72. The van der Waals surface area contributed by atoms with Gasteiger partial charge in [0.2, 0.25) is 0 Å². The van der Waals surface area contributed by atoms with Crippen molar-refractivity contribution in [3.05, 3.63) is 35.9 Å². The molecule has 0 aliphatic rings. The third-order valence-corrected chi connectivity index (χ3v) is 2.49. The van der Waals surface area contributed by atoms with Gasteiger partial charge in [-0.3, -0.25) is 5.10 Å². The first-order valence-electron chi connectivity index (χ1n) is 5.08. The topological polar surface area (TPSA) is 54.7 Å². The van der Waals surface area contributed by atoms with Gasteiger partial charge in [-0.15, -0.1) is 0 Å². The molecule has 0 saturated carbocycles. The van der Waals surface area contributed by atoms with Crippen LogP contribution in [-0.4, -0.2) is 16.4 Å². The molecule has 1 aromatic heterocycles. The molecule has 19 heavy (non-hydrogen) atoms. The number of hydrogen-bond donors (Lipinski definition) is 2. The van der Waals surface area contributed by atoms with E-state index < -0.39 is 17.7 Å². The van der Waals surface area contributed by atoms with Gasteiger partial charge in [-0.1, -0.05) is 18.2 Å². The average Bonchev–Trinajstić information content (AvgIpc) is 2.75. The van der Waals surface area contributed by atoms with Crippen LogP contribution in [0.3, 0.4) is 0 Å². The standard InChI is InChI=1S/C11H8F5N3/c12-10(13,11(14,15)16)7-3-1-2-6(4-7)8-5-9(17)19-18-8/h1-5H,(H3,17,18,19). The molecule has 0 fully saturated rings. The third-order valence-electron chi connectivity index (χ3n) is 2.49. The maximum atomic E-state index is 13.2. The van der Waals surface area contributed by atoms with E-state index in [1.807, 2.05) is 0 Å². The van der Waals surface area contributed by atoms with Crippen LogP contribution in [0.4, 0.5) is 27.8 Å². The highest BCUT2D eigenvalue weighted by molar-refractivity contribution is 5.63. The molecule has 3 nitrogen and oxygen atoms in total. The molecule has 0 atom stereocenters. The van der Waals surface area contributed by atoms with Crippen LogP contribution in [0.5, 0.6) is 0 Å². The molecule has 2 aromatic rings. The quantitative estimate of drug-likeness (QED) is 0.827. The molecule has 0 spiro atoms. The Morgan fingerprint density at radius 1 is 1.05 bits per heavy atom. The molecule has 1 heterocycles. The molecule has 102 valence electrons. The fourth-order valence-electron chi connectivity index (χ4n) is 1.53. The number of anilines is 1. The molecular weight excluding hydrogens is 269 g/mol. The number of hydrogen-bond acceptors (Lipinski definition) is 2. The maximum absolute atomic E-state index is 13.2. The highest BCUT2D eigenvalue weighted by Crippen LogP contribution is 2.44. The Bertz CT molecular complexity index is 588. The smallest absolute Gasteiger partial charge is 0.382 e. The summed E-state index contributed by atoms with van der Waals surface area (Å²) in [5, 5.41) is 6.01. The molecular formula is C11H8F5N3. The molecule has 0 unspecified atom stereocenters. The van der Waals surface area contributed by atoms with Crippen molar-refractivity contribution >= 4 is 5.82 Å². The Hall–Kier alpha value is -2.12. The molecule has 0 saturated heterocycles. The summed E-state index contributed by atoms with van der Waals surface area (Å²) < 4.78 is 63.2. The number of nitrogen functional groups attached to an aromatic ring is 1. The normalized spacial score (nSPS) is 12.7. The summed E-state index contributed by atoms with van der Waals surface area (Å²) in [6.45, 7) is 0. The lowest BCUT2D eigenvalue weighted by atomic mass is 10.0. The summed E-state index contributed by atoms with van der Waals surface area (Å²) in [4.78, 5) is 0. The summed E-state index contributed by atoms with van der Waals surface area (Å²) in [7, 11) is 0. The van der Waals surface area contributed by atoms with Gasteiger partial charge in [0, 0.05) is 17.2 Å². The van der Waals surface area contributed by atoms with Crippen LogP contribution in [0.2, 0.25) is 0 Å². The number of H-pyrrole nitrogens is 1. The average molecular weight is 277 g/mol. The summed E-state index contributed by atoms with van der Waals surface area (Å²) >= 11 is 0. The Kier molecular flexibility index (Phi) is 2.95. The molecule has 3 N–H and O–H groups in total. The maximum Gasteiger partial charge on any atom is 0.458 e. The van der Waals surface area contributed by atoms with E-state index in [2.05, 4.69) is 10.2 Å². The minimum absolute atomic E-state index is 0.114. The second kappa shape index (κ2) is 4.22. The van der Waals surface area contributed by atoms with E-state index >= 15 is 0 Å². The number of aromatic amines is 1. The number of nitrogens with zero attached hydrogens (tertiary/aromatic N) is 1. The molecule has 0 aliphatic heterocycles. The van der Waals surface area contributed by atoms with Gasteiger partial charge in [0.15, 0.2) is 0 Å². The largest absolute Gasteiger partial charge is 0.458 e. The van der Waals surface area contributed by atoms with Gasteiger partial charge < -0.3 is 5.73 Å². The second-order valence-corrected chi connectivity index (χ2v) is 3.86. The number of nitrogens with two attached hydrogens (primary N) is 1. The molecule has 2 rings (SSSR count). The number of halogens is 5. The fraction of sp³-hybridized carbons (Fsp3) is 0.182. The number of alkyl halides is 5. The minimum Gasteiger partial charge on any atom is -0.382 e. The van der Waals surface area contributed by atoms with E-state index in [0.717, 1.165) is 18.2 Å². The van der Waals surface area contributed by atoms with Crippen molar-refractivity contribution < 1.29 is 22.0 Å². The zero-order valence-corrected chi connectivity index (χ0v) is 9.30. The van der Waals surface area contributed by atoms with Crippen LogP contribution in [0, 0.1) is 0 Å². The van der Waals surface area contributed by atoms with Crippen molar-refractivity contribution in [2.75, 3.05) is 5.73 Å². The van der Waals surface area contributed by atoms with Crippen molar-refractivity contribution in [1.29, 1.82) is 0 Å². The second-order valence-electron chi connectivity index (χ2n) is 3.86. The lowest BCUT2D eigenvalue weighted by molar-refractivity contribution is -0.289. The summed E-state index contributed by atoms with van der Waals surface area (Å²) in [5.74, 6) is -4.79. The molecule has 0 radical (unpaired) electrons. The molecule has 0 amide bonds. The first kappa shape index (κ1) is 13.3. The van der Waals surface area contributed by atoms with Crippen molar-refractivity contribution in [2.45, 2.75) is 12.1 Å². The first-order valence-corrected chi connectivity index (χ1v) is 5.08. The number of aromatic nitrogens is 2. The summed E-state index contributed by atoms with van der Waals surface area (Å²) in [6, 6.07) is 5.30. The number of benzene rings is 1. The summed E-state index contributed by atoms with van der Waals surface area (Å²) in [6.07, 6.45) is -5.64. The van der Waals surface area contributed by atoms with Crippen LogP contribution in [0.15, 0.2) is 30.3 Å². The SMILES string of the molecule is Nc1cc(-c2cccc(C(F)(F)C(F)(F)F)c2)[nH]n1. The van der Waals surface area contributed by atoms with Gasteiger partial charge in [0.05, 0.1) is 5.69 Å². The summed E-state index contributed by atoms with van der Waals surface area (Å²) in [5.41, 5.74) is 4.61. The Morgan fingerprint density at radius 2 is 1.74 bits per heavy atom. The van der Waals surface area contributed by atoms with E-state index in [4.69, 9.17) is 5.73 Å². The number of nitrogens with one attached hydrogen (secondary N) is 1. The molecule has 0 bridgehead atoms. The fourth-order valence-corrected chi connectivity index (χ4v) is 1.53. The highest BCUT2D eigenvalue weighted by Gasteiger charge is 2.58. The van der Waals surface area contributed by atoms with Gasteiger partial charge in [-0.25, -0.2) is 0 Å². The minimum atomic E-state index is -5.64. The Labute approximate surface area is 104 Å². The van der Waals surface area contributed by atoms with Crippen molar-refractivity contribution in [2.24, 2.45) is 0 Å². The van der Waals surface area contributed by atoms with E-state index in [9.17, 15) is 22.0 Å². The van der Waals surface area contributed by atoms with E-state index in [0.29, 0.717) is 0 Å². The highest BCUT2D eigenvalue weighted by atomic mass is 19.4. The zero-order chi connectivity index (χ0) is 14.3. The molecule has 1 aromatic carbocycles. The monoisotopic (exact) mass is 277 g/mol. The lowest BCUT2D eigenvalue weighted by Crippen LogP contribution is -2.33. The predicted octanol–water partition coefficient (Wildman–Crippen LogP) is 3.31. The van der Waals surface area contributed by atoms with E-state index in [1.54, 1.807) is 0 Å². The lowest BCUT2D eigenvalue weighted by Gasteiger charge is -2.20. The van der Waals surface area contributed by atoms with Crippen LogP contribution in [0.25, 0.3) is 11.3 Å². The van der Waals surface area contributed by atoms with Crippen LogP contribution < -0.4 is 5.73 Å². The van der Waals surface area contributed by atoms with Gasteiger partial charge >= 0.3 is 12.1 Å². The van der Waals surface area contributed by atoms with E-state index in [-0.39, 0.29) is 17.1 Å². The van der Waals surface area contributed by atoms with Crippen LogP contribution in [-0.2, 0) is 5.92 Å². The Balaban J connectivity index is 2.46.